The molecule has 144 valence electrons. The highest BCUT2D eigenvalue weighted by Crippen LogP contribution is 2.38. The quantitative estimate of drug-likeness (QED) is 0.405. The van der Waals surface area contributed by atoms with Gasteiger partial charge in [0.15, 0.2) is 0 Å². The third kappa shape index (κ3) is 2.69. The fourth-order valence-electron chi connectivity index (χ4n) is 3.74. The average molecular weight is 420 g/mol. The summed E-state index contributed by atoms with van der Waals surface area (Å²) in [6.45, 7) is 3.89. The van der Waals surface area contributed by atoms with Gasteiger partial charge in [0.1, 0.15) is 11.0 Å². The molecule has 0 unspecified atom stereocenters. The van der Waals surface area contributed by atoms with Crippen LogP contribution < -0.4 is 0 Å². The summed E-state index contributed by atoms with van der Waals surface area (Å²) >= 11 is 1.13. The maximum absolute atomic E-state index is 13.8. The molecule has 0 aliphatic heterocycles. The Balaban J connectivity index is 1.92. The molecule has 0 N–H and O–H groups in total. The summed E-state index contributed by atoms with van der Waals surface area (Å²) in [6, 6.07) is 20.2. The molecule has 2 aromatic heterocycles. The van der Waals surface area contributed by atoms with Crippen LogP contribution in [0.15, 0.2) is 71.6 Å². The second-order valence-corrected chi connectivity index (χ2v) is 9.33. The number of fused-ring (bicyclic) bond motifs is 2. The van der Waals surface area contributed by atoms with E-state index in [4.69, 9.17) is 0 Å². The average Bonchev–Trinajstić information content (AvgIpc) is 3.31. The molecule has 5 aromatic rings. The number of aryl methyl sites for hydroxylation is 2. The van der Waals surface area contributed by atoms with Gasteiger partial charge in [-0.15, -0.1) is 0 Å². The van der Waals surface area contributed by atoms with Crippen LogP contribution >= 0.6 is 11.7 Å². The van der Waals surface area contributed by atoms with E-state index in [1.807, 2.05) is 68.4 Å². The topological polar surface area (TPSA) is 64.8 Å². The molecular weight excluding hydrogens is 402 g/mol. The van der Waals surface area contributed by atoms with Crippen LogP contribution in [0.3, 0.4) is 0 Å². The van der Waals surface area contributed by atoms with Gasteiger partial charge in [-0.3, -0.25) is 0 Å². The molecule has 2 heterocycles. The van der Waals surface area contributed by atoms with Crippen LogP contribution in [0.1, 0.15) is 11.1 Å². The number of para-hydroxylation sites is 1. The van der Waals surface area contributed by atoms with Gasteiger partial charge in [-0.25, -0.2) is 12.4 Å². The lowest BCUT2D eigenvalue weighted by atomic mass is 10.1. The molecule has 7 heteroatoms. The van der Waals surface area contributed by atoms with E-state index in [9.17, 15) is 8.42 Å². The van der Waals surface area contributed by atoms with Gasteiger partial charge >= 0.3 is 0 Å². The van der Waals surface area contributed by atoms with Crippen LogP contribution in [0, 0.1) is 13.8 Å². The molecule has 3 aromatic carbocycles. The Morgan fingerprint density at radius 3 is 2.41 bits per heavy atom. The van der Waals surface area contributed by atoms with Crippen molar-refractivity contribution >= 4 is 43.7 Å². The molecule has 5 nitrogen and oxygen atoms in total. The van der Waals surface area contributed by atoms with Crippen molar-refractivity contribution in [3.63, 3.8) is 0 Å². The first kappa shape index (κ1) is 18.0. The number of hydrogen-bond acceptors (Lipinski definition) is 5. The third-order valence-electron chi connectivity index (χ3n) is 5.19. The van der Waals surface area contributed by atoms with Crippen LogP contribution in [-0.2, 0) is 10.0 Å². The van der Waals surface area contributed by atoms with Crippen molar-refractivity contribution in [1.29, 1.82) is 0 Å². The highest BCUT2D eigenvalue weighted by Gasteiger charge is 2.27. The largest absolute Gasteiger partial charge is 0.268 e. The van der Waals surface area contributed by atoms with E-state index in [-0.39, 0.29) is 4.90 Å². The maximum Gasteiger partial charge on any atom is 0.268 e. The van der Waals surface area contributed by atoms with Gasteiger partial charge < -0.3 is 0 Å². The fourth-order valence-corrected chi connectivity index (χ4v) is 5.88. The van der Waals surface area contributed by atoms with Crippen LogP contribution in [0.25, 0.3) is 33.2 Å². The number of benzene rings is 3. The summed E-state index contributed by atoms with van der Waals surface area (Å²) in [7, 11) is -3.82. The first-order valence-electron chi connectivity index (χ1n) is 9.12. The van der Waals surface area contributed by atoms with Gasteiger partial charge in [0.05, 0.1) is 27.8 Å². The molecule has 0 radical (unpaired) electrons. The van der Waals surface area contributed by atoms with Gasteiger partial charge in [0, 0.05) is 10.9 Å². The van der Waals surface area contributed by atoms with Gasteiger partial charge in [0.25, 0.3) is 10.0 Å². The Morgan fingerprint density at radius 2 is 1.62 bits per heavy atom. The van der Waals surface area contributed by atoms with E-state index in [0.29, 0.717) is 16.7 Å². The van der Waals surface area contributed by atoms with Crippen LogP contribution in [-0.4, -0.2) is 21.1 Å². The van der Waals surface area contributed by atoms with E-state index in [2.05, 4.69) is 8.75 Å². The smallest absolute Gasteiger partial charge is 0.233 e. The first-order chi connectivity index (χ1) is 14.0. The molecule has 0 fully saturated rings. The Kier molecular flexibility index (Phi) is 4.04. The predicted molar refractivity (Wildman–Crippen MR) is 117 cm³/mol. The van der Waals surface area contributed by atoms with Crippen molar-refractivity contribution in [3.8, 4) is 11.3 Å². The molecule has 0 aliphatic rings. The molecule has 0 spiro atoms. The highest BCUT2D eigenvalue weighted by atomic mass is 32.2. The molecule has 0 saturated carbocycles. The van der Waals surface area contributed by atoms with Crippen molar-refractivity contribution in [1.82, 2.24) is 12.7 Å². The zero-order valence-electron chi connectivity index (χ0n) is 15.8. The minimum Gasteiger partial charge on any atom is -0.233 e. The molecule has 0 atom stereocenters. The molecule has 5 rings (SSSR count). The molecule has 0 amide bonds. The summed E-state index contributed by atoms with van der Waals surface area (Å²) in [5.41, 5.74) is 5.43. The Morgan fingerprint density at radius 1 is 0.862 bits per heavy atom. The van der Waals surface area contributed by atoms with Crippen LogP contribution in [0.4, 0.5) is 0 Å². The van der Waals surface area contributed by atoms with Gasteiger partial charge in [-0.2, -0.15) is 8.75 Å². The lowest BCUT2D eigenvalue weighted by Gasteiger charge is -2.13. The predicted octanol–water partition coefficient (Wildman–Crippen LogP) is 5.17. The minimum absolute atomic E-state index is 0.258. The first-order valence-corrected chi connectivity index (χ1v) is 11.3. The SMILES string of the molecule is Cc1ccc(S(=O)(=O)n2c(-c3cccc4nsnc34)c(C)c3ccccc32)cc1. The lowest BCUT2D eigenvalue weighted by molar-refractivity contribution is 0.589. The summed E-state index contributed by atoms with van der Waals surface area (Å²) in [6.07, 6.45) is 0. The Labute approximate surface area is 172 Å². The summed E-state index contributed by atoms with van der Waals surface area (Å²) in [5.74, 6) is 0. The van der Waals surface area contributed by atoms with Crippen molar-refractivity contribution in [2.24, 2.45) is 0 Å². The zero-order valence-corrected chi connectivity index (χ0v) is 17.5. The van der Waals surface area contributed by atoms with Gasteiger partial charge in [-0.05, 0) is 43.7 Å². The summed E-state index contributed by atoms with van der Waals surface area (Å²) < 4.78 is 37.8. The number of hydrogen-bond donors (Lipinski definition) is 0. The highest BCUT2D eigenvalue weighted by molar-refractivity contribution is 7.90. The van der Waals surface area contributed by atoms with E-state index < -0.39 is 10.0 Å². The van der Waals surface area contributed by atoms with E-state index in [1.54, 1.807) is 12.1 Å². The summed E-state index contributed by atoms with van der Waals surface area (Å²) in [4.78, 5) is 0.258. The molecule has 29 heavy (non-hydrogen) atoms. The minimum atomic E-state index is -3.82. The Bertz CT molecular complexity index is 1480. The molecular formula is C22H17N3O2S2. The standard InChI is InChI=1S/C22H17N3O2S2/c1-14-10-12-16(13-11-14)29(26,27)25-20-9-4-3-6-17(20)15(2)22(25)18-7-5-8-19-21(18)24-28-23-19/h3-13H,1-2H3. The van der Waals surface area contributed by atoms with E-state index in [1.165, 1.54) is 3.97 Å². The monoisotopic (exact) mass is 419 g/mol. The maximum atomic E-state index is 13.8. The van der Waals surface area contributed by atoms with Crippen molar-refractivity contribution in [2.75, 3.05) is 0 Å². The van der Waals surface area contributed by atoms with Gasteiger partial charge in [0.2, 0.25) is 0 Å². The van der Waals surface area contributed by atoms with E-state index in [0.717, 1.165) is 39.3 Å². The lowest BCUT2D eigenvalue weighted by Crippen LogP contribution is -2.14. The van der Waals surface area contributed by atoms with Crippen molar-refractivity contribution < 1.29 is 8.42 Å². The van der Waals surface area contributed by atoms with Crippen molar-refractivity contribution in [3.05, 3.63) is 77.9 Å². The van der Waals surface area contributed by atoms with Crippen molar-refractivity contribution in [2.45, 2.75) is 18.7 Å². The normalized spacial score (nSPS) is 12.1. The molecule has 0 bridgehead atoms. The zero-order chi connectivity index (χ0) is 20.2. The molecule has 0 saturated heterocycles. The van der Waals surface area contributed by atoms with Crippen LogP contribution in [0.5, 0.6) is 0 Å². The second-order valence-electron chi connectivity index (χ2n) is 7.01. The third-order valence-corrected chi connectivity index (χ3v) is 7.46. The number of aromatic nitrogens is 3. The van der Waals surface area contributed by atoms with E-state index >= 15 is 0 Å². The fraction of sp³-hybridized carbons (Fsp3) is 0.0909. The number of rotatable bonds is 3. The molecule has 0 aliphatic carbocycles. The summed E-state index contributed by atoms with van der Waals surface area (Å²) in [5, 5.41) is 0.901. The number of nitrogens with zero attached hydrogens (tertiary/aromatic N) is 3. The van der Waals surface area contributed by atoms with Crippen LogP contribution in [0.2, 0.25) is 0 Å². The van der Waals surface area contributed by atoms with Gasteiger partial charge in [-0.1, -0.05) is 48.0 Å². The Hall–Kier alpha value is -3.03. The second kappa shape index (κ2) is 6.50.